The summed E-state index contributed by atoms with van der Waals surface area (Å²) >= 11 is 1.64. The van der Waals surface area contributed by atoms with Crippen molar-refractivity contribution in [3.8, 4) is 28.0 Å². The van der Waals surface area contributed by atoms with Gasteiger partial charge in [-0.25, -0.2) is 9.78 Å². The zero-order valence-electron chi connectivity index (χ0n) is 29.1. The number of rotatable bonds is 10. The summed E-state index contributed by atoms with van der Waals surface area (Å²) in [5.74, 6) is 0.284. The van der Waals surface area contributed by atoms with E-state index in [4.69, 9.17) is 9.47 Å². The molecule has 6 rings (SSSR count). The molecule has 0 spiro atoms. The van der Waals surface area contributed by atoms with Crippen LogP contribution >= 0.6 is 11.9 Å². The van der Waals surface area contributed by atoms with Crippen molar-refractivity contribution < 1.29 is 19.4 Å². The van der Waals surface area contributed by atoms with Gasteiger partial charge < -0.3 is 24.2 Å². The quantitative estimate of drug-likeness (QED) is 0.142. The average Bonchev–Trinajstić information content (AvgIpc) is 3.08. The SMILES string of the molecule is CSN1Cc2ccc(Nc3ncccc3OCc3ccccc3)cc2-c2c(C)c(-c3ccc(C)cc3)c([C@H](OC(C)(C)C)C(=O)O)c(C)c21. The number of hydrogen-bond donors (Lipinski definition) is 2. The molecule has 0 fully saturated rings. The Morgan fingerprint density at radius 2 is 1.69 bits per heavy atom. The van der Waals surface area contributed by atoms with Gasteiger partial charge in [-0.05, 0) is 105 Å². The minimum Gasteiger partial charge on any atom is -0.485 e. The normalized spacial score (nSPS) is 13.0. The number of carboxylic acids is 1. The van der Waals surface area contributed by atoms with Gasteiger partial charge in [-0.3, -0.25) is 0 Å². The first-order valence-electron chi connectivity index (χ1n) is 16.4. The molecule has 49 heavy (non-hydrogen) atoms. The van der Waals surface area contributed by atoms with E-state index in [2.05, 4.69) is 77.2 Å². The Balaban J connectivity index is 1.50. The number of nitrogens with one attached hydrogen (secondary N) is 1. The molecule has 0 saturated carbocycles. The monoisotopic (exact) mass is 673 g/mol. The summed E-state index contributed by atoms with van der Waals surface area (Å²) in [5, 5.41) is 14.2. The van der Waals surface area contributed by atoms with Gasteiger partial charge in [0.15, 0.2) is 17.7 Å². The van der Waals surface area contributed by atoms with E-state index in [9.17, 15) is 9.90 Å². The lowest BCUT2D eigenvalue weighted by atomic mass is 9.80. The van der Waals surface area contributed by atoms with Gasteiger partial charge in [-0.15, -0.1) is 0 Å². The maximum absolute atomic E-state index is 13.0. The smallest absolute Gasteiger partial charge is 0.337 e. The van der Waals surface area contributed by atoms with Crippen molar-refractivity contribution in [2.75, 3.05) is 15.9 Å². The Hall–Kier alpha value is -4.79. The second kappa shape index (κ2) is 14.0. The Morgan fingerprint density at radius 1 is 0.959 bits per heavy atom. The van der Waals surface area contributed by atoms with Crippen LogP contribution in [0.3, 0.4) is 0 Å². The van der Waals surface area contributed by atoms with Gasteiger partial charge in [-0.1, -0.05) is 78.2 Å². The molecular weight excluding hydrogens is 631 g/mol. The van der Waals surface area contributed by atoms with Crippen molar-refractivity contribution in [3.05, 3.63) is 125 Å². The number of carbonyl (C=O) groups is 1. The number of carboxylic acid groups (broad SMARTS) is 1. The minimum atomic E-state index is -1.16. The first kappa shape index (κ1) is 34.1. The van der Waals surface area contributed by atoms with Gasteiger partial charge in [0, 0.05) is 29.3 Å². The first-order valence-corrected chi connectivity index (χ1v) is 17.6. The highest BCUT2D eigenvalue weighted by atomic mass is 32.2. The van der Waals surface area contributed by atoms with Crippen LogP contribution in [0.25, 0.3) is 22.3 Å². The number of ether oxygens (including phenoxy) is 2. The van der Waals surface area contributed by atoms with Crippen LogP contribution in [0.5, 0.6) is 5.75 Å². The highest BCUT2D eigenvalue weighted by Gasteiger charge is 2.36. The summed E-state index contributed by atoms with van der Waals surface area (Å²) in [6.07, 6.45) is 2.66. The number of anilines is 3. The summed E-state index contributed by atoms with van der Waals surface area (Å²) < 4.78 is 14.8. The summed E-state index contributed by atoms with van der Waals surface area (Å²) in [5.41, 5.74) is 11.2. The van der Waals surface area contributed by atoms with Crippen LogP contribution in [-0.2, 0) is 22.7 Å². The molecule has 0 aliphatic carbocycles. The van der Waals surface area contributed by atoms with Gasteiger partial charge in [0.05, 0.1) is 17.8 Å². The zero-order chi connectivity index (χ0) is 34.9. The molecule has 1 aromatic heterocycles. The predicted molar refractivity (Wildman–Crippen MR) is 201 cm³/mol. The van der Waals surface area contributed by atoms with E-state index >= 15 is 0 Å². The maximum atomic E-state index is 13.0. The highest BCUT2D eigenvalue weighted by molar-refractivity contribution is 7.99. The Morgan fingerprint density at radius 3 is 2.37 bits per heavy atom. The Bertz CT molecular complexity index is 1990. The van der Waals surface area contributed by atoms with Gasteiger partial charge in [-0.2, -0.15) is 0 Å². The van der Waals surface area contributed by atoms with Gasteiger partial charge in [0.25, 0.3) is 0 Å². The third-order valence-electron chi connectivity index (χ3n) is 8.75. The van der Waals surface area contributed by atoms with E-state index < -0.39 is 17.7 Å². The average molecular weight is 674 g/mol. The standard InChI is InChI=1S/C41H43N3O4S/c1-25-15-17-29(18-16-25)34-26(2)35-32-22-31(43-39-33(14-11-21-42-39)47-24-28-12-9-8-10-13-28)20-19-30(32)23-44(49-7)37(35)27(3)36(34)38(40(45)46)48-41(4,5)6/h8-22,38H,23-24H2,1-7H3,(H,42,43)(H,45,46)/t38-/m0/s1. The van der Waals surface area contributed by atoms with Crippen molar-refractivity contribution in [3.63, 3.8) is 0 Å². The molecule has 7 nitrogen and oxygen atoms in total. The van der Waals surface area contributed by atoms with E-state index in [1.54, 1.807) is 18.1 Å². The summed E-state index contributed by atoms with van der Waals surface area (Å²) in [6.45, 7) is 13.0. The number of aryl methyl sites for hydroxylation is 1. The fourth-order valence-corrected chi connectivity index (χ4v) is 7.22. The molecule has 8 heteroatoms. The molecule has 4 aromatic carbocycles. The lowest BCUT2D eigenvalue weighted by Gasteiger charge is -2.37. The fraction of sp³-hybridized carbons (Fsp3) is 0.268. The Kier molecular flexibility index (Phi) is 9.72. The van der Waals surface area contributed by atoms with Gasteiger partial charge in [0.1, 0.15) is 6.61 Å². The van der Waals surface area contributed by atoms with Crippen molar-refractivity contribution in [2.45, 2.75) is 66.4 Å². The van der Waals surface area contributed by atoms with Crippen molar-refractivity contribution in [1.29, 1.82) is 0 Å². The van der Waals surface area contributed by atoms with E-state index in [-0.39, 0.29) is 0 Å². The van der Waals surface area contributed by atoms with Gasteiger partial charge >= 0.3 is 5.97 Å². The molecule has 0 radical (unpaired) electrons. The number of hydrogen-bond acceptors (Lipinski definition) is 7. The zero-order valence-corrected chi connectivity index (χ0v) is 29.9. The molecule has 0 amide bonds. The largest absolute Gasteiger partial charge is 0.485 e. The fourth-order valence-electron chi connectivity index (χ4n) is 6.54. The first-order chi connectivity index (χ1) is 23.4. The molecular formula is C41H43N3O4S. The molecule has 2 N–H and O–H groups in total. The van der Waals surface area contributed by atoms with Crippen molar-refractivity contribution in [1.82, 2.24) is 4.98 Å². The van der Waals surface area contributed by atoms with E-state index in [1.807, 2.05) is 70.2 Å². The maximum Gasteiger partial charge on any atom is 0.337 e. The topological polar surface area (TPSA) is 83.9 Å². The second-order valence-corrected chi connectivity index (χ2v) is 14.2. The molecule has 252 valence electrons. The summed E-state index contributed by atoms with van der Waals surface area (Å²) in [7, 11) is 0. The van der Waals surface area contributed by atoms with E-state index in [0.717, 1.165) is 55.9 Å². The van der Waals surface area contributed by atoms with Crippen LogP contribution in [0.15, 0.2) is 91.1 Å². The third-order valence-corrected chi connectivity index (χ3v) is 9.50. The van der Waals surface area contributed by atoms with Crippen LogP contribution in [0.1, 0.15) is 60.3 Å². The Labute approximate surface area is 293 Å². The van der Waals surface area contributed by atoms with Crippen LogP contribution in [0.4, 0.5) is 17.2 Å². The lowest BCUT2D eigenvalue weighted by molar-refractivity contribution is -0.160. The number of fused-ring (bicyclic) bond motifs is 3. The minimum absolute atomic E-state index is 0.433. The molecule has 1 atom stereocenters. The van der Waals surface area contributed by atoms with E-state index in [0.29, 0.717) is 30.3 Å². The van der Waals surface area contributed by atoms with Gasteiger partial charge in [0.2, 0.25) is 0 Å². The van der Waals surface area contributed by atoms with Crippen LogP contribution in [-0.4, -0.2) is 27.9 Å². The second-order valence-electron chi connectivity index (χ2n) is 13.4. The predicted octanol–water partition coefficient (Wildman–Crippen LogP) is 10.2. The third kappa shape index (κ3) is 7.16. The number of aromatic nitrogens is 1. The lowest BCUT2D eigenvalue weighted by Crippen LogP contribution is -2.29. The van der Waals surface area contributed by atoms with Crippen LogP contribution in [0.2, 0.25) is 0 Å². The number of nitrogens with zero attached hydrogens (tertiary/aromatic N) is 2. The molecule has 5 aromatic rings. The number of aliphatic carboxylic acids is 1. The molecule has 1 aliphatic rings. The summed E-state index contributed by atoms with van der Waals surface area (Å²) in [4.78, 5) is 17.6. The van der Waals surface area contributed by atoms with Crippen molar-refractivity contribution >= 4 is 35.1 Å². The molecule has 0 unspecified atom stereocenters. The number of pyridine rings is 1. The molecule has 0 bridgehead atoms. The van der Waals surface area contributed by atoms with Crippen molar-refractivity contribution in [2.24, 2.45) is 0 Å². The molecule has 0 saturated heterocycles. The van der Waals surface area contributed by atoms with E-state index in [1.165, 1.54) is 5.56 Å². The summed E-state index contributed by atoms with van der Waals surface area (Å²) in [6, 6.07) is 28.6. The van der Waals surface area contributed by atoms with Crippen LogP contribution < -0.4 is 14.4 Å². The molecule has 2 heterocycles. The molecule has 1 aliphatic heterocycles. The highest BCUT2D eigenvalue weighted by Crippen LogP contribution is 2.52. The van der Waals surface area contributed by atoms with Crippen LogP contribution in [0, 0.1) is 20.8 Å². The number of benzene rings is 4.